The number of ketones is 1. The zero-order valence-corrected chi connectivity index (χ0v) is 18.8. The third kappa shape index (κ3) is 4.26. The predicted octanol–water partition coefficient (Wildman–Crippen LogP) is 2.13. The van der Waals surface area contributed by atoms with Crippen LogP contribution in [0.5, 0.6) is 0 Å². The highest BCUT2D eigenvalue weighted by atomic mass is 28.4. The van der Waals surface area contributed by atoms with Gasteiger partial charge in [-0.2, -0.15) is 0 Å². The molecule has 0 amide bonds. The standard InChI is InChI=1S/C19H33N3O4Si/c1-12(2)10-22-16-13(17(24)21(6)18(22)25)9-15(23)14(20-16)11-26-27(7,8)19(3,4)5/h12,14,20H,9-11H2,1-8H3. The third-order valence-electron chi connectivity index (χ3n) is 5.65. The summed E-state index contributed by atoms with van der Waals surface area (Å²) in [5.74, 6) is 0.624. The predicted molar refractivity (Wildman–Crippen MR) is 110 cm³/mol. The van der Waals surface area contributed by atoms with E-state index in [-0.39, 0.29) is 35.5 Å². The highest BCUT2D eigenvalue weighted by Gasteiger charge is 2.39. The largest absolute Gasteiger partial charge is 0.414 e. The zero-order chi connectivity index (χ0) is 20.7. The van der Waals surface area contributed by atoms with Gasteiger partial charge in [0.25, 0.3) is 5.56 Å². The molecule has 1 aromatic heterocycles. The Morgan fingerprint density at radius 2 is 1.81 bits per heavy atom. The minimum atomic E-state index is -2.01. The molecule has 27 heavy (non-hydrogen) atoms. The Bertz CT molecular complexity index is 846. The van der Waals surface area contributed by atoms with E-state index in [1.54, 1.807) is 4.57 Å². The number of fused-ring (bicyclic) bond motifs is 1. The molecule has 0 radical (unpaired) electrons. The number of rotatable bonds is 5. The van der Waals surface area contributed by atoms with Crippen molar-refractivity contribution in [2.45, 2.75) is 71.8 Å². The minimum Gasteiger partial charge on any atom is -0.414 e. The smallest absolute Gasteiger partial charge is 0.332 e. The summed E-state index contributed by atoms with van der Waals surface area (Å²) in [5, 5.41) is 3.19. The molecule has 1 aliphatic rings. The quantitative estimate of drug-likeness (QED) is 0.773. The molecule has 152 valence electrons. The Hall–Kier alpha value is -1.67. The molecule has 0 spiro atoms. The normalized spacial score (nSPS) is 17.8. The fraction of sp³-hybridized carbons (Fsp3) is 0.737. The van der Waals surface area contributed by atoms with Crippen molar-refractivity contribution in [3.05, 3.63) is 26.4 Å². The lowest BCUT2D eigenvalue weighted by atomic mass is 10.0. The lowest BCUT2D eigenvalue weighted by Gasteiger charge is -2.38. The van der Waals surface area contributed by atoms with Crippen LogP contribution in [-0.4, -0.2) is 35.9 Å². The maximum atomic E-state index is 12.6. The number of hydrogen-bond acceptors (Lipinski definition) is 5. The molecule has 0 aromatic carbocycles. The number of nitrogens with one attached hydrogen (secondary N) is 1. The molecule has 1 aliphatic heterocycles. The van der Waals surface area contributed by atoms with Crippen molar-refractivity contribution in [2.24, 2.45) is 13.0 Å². The van der Waals surface area contributed by atoms with E-state index in [2.05, 4.69) is 39.2 Å². The van der Waals surface area contributed by atoms with Gasteiger partial charge in [0.05, 0.1) is 12.2 Å². The molecule has 7 nitrogen and oxygen atoms in total. The van der Waals surface area contributed by atoms with Crippen molar-refractivity contribution in [1.29, 1.82) is 0 Å². The summed E-state index contributed by atoms with van der Waals surface area (Å²) >= 11 is 0. The SMILES string of the molecule is CC(C)Cn1c2c(c(=O)n(C)c1=O)CC(=O)C(CO[Si](C)(C)C(C)(C)C)N2. The van der Waals surface area contributed by atoms with Crippen molar-refractivity contribution in [2.75, 3.05) is 11.9 Å². The average molecular weight is 396 g/mol. The first kappa shape index (κ1) is 21.6. The fourth-order valence-corrected chi connectivity index (χ4v) is 3.89. The summed E-state index contributed by atoms with van der Waals surface area (Å²) in [4.78, 5) is 37.8. The molecule has 0 saturated carbocycles. The Balaban J connectivity index is 2.39. The Labute approximate surface area is 161 Å². The first-order chi connectivity index (χ1) is 12.3. The number of Topliss-reactive ketones (excluding diaryl/α,β-unsaturated/α-hetero) is 1. The Morgan fingerprint density at radius 1 is 1.22 bits per heavy atom. The van der Waals surface area contributed by atoms with Crippen LogP contribution in [-0.2, 0) is 29.2 Å². The molecule has 1 aromatic rings. The second kappa shape index (κ2) is 7.39. The Morgan fingerprint density at radius 3 is 2.33 bits per heavy atom. The van der Waals surface area contributed by atoms with Crippen molar-refractivity contribution in [3.8, 4) is 0 Å². The average Bonchev–Trinajstić information content (AvgIpc) is 2.54. The number of hydrogen-bond donors (Lipinski definition) is 1. The number of carbonyl (C=O) groups excluding carboxylic acids is 1. The van der Waals surface area contributed by atoms with Crippen LogP contribution >= 0.6 is 0 Å². The van der Waals surface area contributed by atoms with E-state index in [1.165, 1.54) is 7.05 Å². The van der Waals surface area contributed by atoms with Crippen molar-refractivity contribution < 1.29 is 9.22 Å². The first-order valence-electron chi connectivity index (χ1n) is 9.52. The van der Waals surface area contributed by atoms with Gasteiger partial charge in [0.1, 0.15) is 11.9 Å². The van der Waals surface area contributed by atoms with Crippen LogP contribution in [0.25, 0.3) is 0 Å². The molecule has 0 bridgehead atoms. The monoisotopic (exact) mass is 395 g/mol. The summed E-state index contributed by atoms with van der Waals surface area (Å²) < 4.78 is 8.87. The summed E-state index contributed by atoms with van der Waals surface area (Å²) in [6.07, 6.45) is 0.0267. The maximum Gasteiger partial charge on any atom is 0.332 e. The van der Waals surface area contributed by atoms with Gasteiger partial charge in [0, 0.05) is 20.0 Å². The molecule has 1 unspecified atom stereocenters. The maximum absolute atomic E-state index is 12.6. The summed E-state index contributed by atoms with van der Waals surface area (Å²) in [6.45, 7) is 15.5. The molecule has 0 fully saturated rings. The van der Waals surface area contributed by atoms with Gasteiger partial charge in [-0.3, -0.25) is 18.7 Å². The molecule has 8 heteroatoms. The van der Waals surface area contributed by atoms with Crippen LogP contribution in [0.4, 0.5) is 5.82 Å². The van der Waals surface area contributed by atoms with Gasteiger partial charge in [-0.1, -0.05) is 34.6 Å². The number of carbonyl (C=O) groups is 1. The fourth-order valence-electron chi connectivity index (χ4n) is 2.87. The molecule has 2 heterocycles. The van der Waals surface area contributed by atoms with Gasteiger partial charge in [0.15, 0.2) is 14.1 Å². The van der Waals surface area contributed by atoms with Gasteiger partial charge < -0.3 is 9.74 Å². The highest BCUT2D eigenvalue weighted by molar-refractivity contribution is 6.74. The van der Waals surface area contributed by atoms with Crippen molar-refractivity contribution in [1.82, 2.24) is 9.13 Å². The van der Waals surface area contributed by atoms with Crippen molar-refractivity contribution >= 4 is 19.9 Å². The van der Waals surface area contributed by atoms with Crippen LogP contribution in [0.2, 0.25) is 18.1 Å². The van der Waals surface area contributed by atoms with Crippen LogP contribution < -0.4 is 16.6 Å². The highest BCUT2D eigenvalue weighted by Crippen LogP contribution is 2.36. The van der Waals surface area contributed by atoms with E-state index in [9.17, 15) is 14.4 Å². The number of aromatic nitrogens is 2. The van der Waals surface area contributed by atoms with E-state index >= 15 is 0 Å². The van der Waals surface area contributed by atoms with Crippen LogP contribution in [0, 0.1) is 5.92 Å². The molecule has 0 saturated heterocycles. The van der Waals surface area contributed by atoms with E-state index in [4.69, 9.17) is 4.43 Å². The third-order valence-corrected chi connectivity index (χ3v) is 10.2. The molecule has 0 aliphatic carbocycles. The van der Waals surface area contributed by atoms with E-state index in [0.29, 0.717) is 17.9 Å². The lowest BCUT2D eigenvalue weighted by Crippen LogP contribution is -2.51. The van der Waals surface area contributed by atoms with Gasteiger partial charge in [-0.25, -0.2) is 4.79 Å². The second-order valence-corrected chi connectivity index (χ2v) is 14.2. The van der Waals surface area contributed by atoms with Crippen LogP contribution in [0.3, 0.4) is 0 Å². The van der Waals surface area contributed by atoms with Gasteiger partial charge in [-0.05, 0) is 24.1 Å². The van der Waals surface area contributed by atoms with Crippen LogP contribution in [0.15, 0.2) is 9.59 Å². The number of anilines is 1. The zero-order valence-electron chi connectivity index (χ0n) is 17.8. The van der Waals surface area contributed by atoms with Gasteiger partial charge >= 0.3 is 5.69 Å². The summed E-state index contributed by atoms with van der Waals surface area (Å²) in [6, 6.07) is -0.545. The Kier molecular flexibility index (Phi) is 5.92. The summed E-state index contributed by atoms with van der Waals surface area (Å²) in [7, 11) is -0.550. The molecular weight excluding hydrogens is 362 g/mol. The van der Waals surface area contributed by atoms with E-state index < -0.39 is 19.9 Å². The van der Waals surface area contributed by atoms with E-state index in [0.717, 1.165) is 4.57 Å². The molecular formula is C19H33N3O4Si. The first-order valence-corrected chi connectivity index (χ1v) is 12.4. The van der Waals surface area contributed by atoms with Gasteiger partial charge in [0.2, 0.25) is 0 Å². The summed E-state index contributed by atoms with van der Waals surface area (Å²) in [5.41, 5.74) is -0.399. The van der Waals surface area contributed by atoms with Crippen molar-refractivity contribution in [3.63, 3.8) is 0 Å². The molecule has 2 rings (SSSR count). The molecule has 1 atom stereocenters. The second-order valence-electron chi connectivity index (χ2n) is 9.39. The lowest BCUT2D eigenvalue weighted by molar-refractivity contribution is -0.120. The minimum absolute atomic E-state index is 0.0267. The van der Waals surface area contributed by atoms with E-state index in [1.807, 2.05) is 13.8 Å². The van der Waals surface area contributed by atoms with Gasteiger partial charge in [-0.15, -0.1) is 0 Å². The molecule has 1 N–H and O–H groups in total. The topological polar surface area (TPSA) is 82.3 Å². The van der Waals surface area contributed by atoms with Crippen LogP contribution in [0.1, 0.15) is 40.2 Å². The number of nitrogens with zero attached hydrogens (tertiary/aromatic N) is 2.